The molecule has 0 bridgehead atoms. The summed E-state index contributed by atoms with van der Waals surface area (Å²) in [6.45, 7) is 6.69. The van der Waals surface area contributed by atoms with Crippen LogP contribution in [0.25, 0.3) is 0 Å². The molecule has 0 aromatic heterocycles. The van der Waals surface area contributed by atoms with Crippen LogP contribution in [0.5, 0.6) is 0 Å². The molecule has 0 aliphatic carbocycles. The quantitative estimate of drug-likeness (QED) is 0.797. The Hall–Kier alpha value is -1.88. The highest BCUT2D eigenvalue weighted by atomic mass is 16.2. The second kappa shape index (κ2) is 8.67. The van der Waals surface area contributed by atoms with E-state index in [1.165, 1.54) is 39.2 Å². The fraction of sp³-hybridized carbons (Fsp3) is 0.619. The molecular formula is C21H31N3O2. The molecule has 3 rings (SSSR count). The number of rotatable bonds is 6. The highest BCUT2D eigenvalue weighted by Gasteiger charge is 2.36. The Kier molecular flexibility index (Phi) is 6.30. The predicted octanol–water partition coefficient (Wildman–Crippen LogP) is 2.74. The van der Waals surface area contributed by atoms with Crippen molar-refractivity contribution in [2.75, 3.05) is 24.5 Å². The number of hydrogen-bond donors (Lipinski definition) is 1. The summed E-state index contributed by atoms with van der Waals surface area (Å²) in [5, 5.41) is 3.06. The largest absolute Gasteiger partial charge is 0.354 e. The Bertz CT molecular complexity index is 646. The van der Waals surface area contributed by atoms with Crippen molar-refractivity contribution in [2.45, 2.75) is 64.5 Å². The molecule has 0 radical (unpaired) electrons. The number of likely N-dealkylation sites (tertiary alicyclic amines) is 1. The van der Waals surface area contributed by atoms with E-state index in [-0.39, 0.29) is 11.8 Å². The van der Waals surface area contributed by atoms with Gasteiger partial charge >= 0.3 is 0 Å². The van der Waals surface area contributed by atoms with Gasteiger partial charge in [0, 0.05) is 38.2 Å². The number of fused-ring (bicyclic) bond motifs is 1. The molecule has 1 aromatic carbocycles. The number of para-hydroxylation sites is 1. The first-order chi connectivity index (χ1) is 12.6. The van der Waals surface area contributed by atoms with E-state index in [1.54, 1.807) is 4.90 Å². The van der Waals surface area contributed by atoms with Gasteiger partial charge in [0.2, 0.25) is 11.8 Å². The molecular weight excluding hydrogens is 326 g/mol. The number of hydrogen-bond acceptors (Lipinski definition) is 3. The molecule has 2 amide bonds. The maximum absolute atomic E-state index is 12.7. The van der Waals surface area contributed by atoms with Gasteiger partial charge in [-0.25, -0.2) is 0 Å². The van der Waals surface area contributed by atoms with Gasteiger partial charge in [-0.15, -0.1) is 0 Å². The van der Waals surface area contributed by atoms with Gasteiger partial charge < -0.3 is 10.2 Å². The summed E-state index contributed by atoms with van der Waals surface area (Å²) in [7, 11) is 0. The number of anilines is 1. The van der Waals surface area contributed by atoms with Crippen molar-refractivity contribution in [2.24, 2.45) is 0 Å². The zero-order valence-electron chi connectivity index (χ0n) is 16.0. The van der Waals surface area contributed by atoms with Crippen molar-refractivity contribution in [1.29, 1.82) is 0 Å². The van der Waals surface area contributed by atoms with Crippen LogP contribution in [0.4, 0.5) is 5.69 Å². The van der Waals surface area contributed by atoms with E-state index in [9.17, 15) is 9.59 Å². The predicted molar refractivity (Wildman–Crippen MR) is 104 cm³/mol. The van der Waals surface area contributed by atoms with Gasteiger partial charge in [0.15, 0.2) is 0 Å². The molecule has 5 nitrogen and oxygen atoms in total. The summed E-state index contributed by atoms with van der Waals surface area (Å²) in [6, 6.07) is 8.09. The molecule has 0 saturated carbocycles. The van der Waals surface area contributed by atoms with E-state index in [0.717, 1.165) is 24.2 Å². The molecule has 1 saturated heterocycles. The number of carbonyl (C=O) groups is 2. The number of nitrogens with one attached hydrogen (secondary N) is 1. The molecule has 26 heavy (non-hydrogen) atoms. The molecule has 2 atom stereocenters. The van der Waals surface area contributed by atoms with Crippen LogP contribution in [0.1, 0.15) is 51.5 Å². The van der Waals surface area contributed by atoms with E-state index in [1.807, 2.05) is 24.3 Å². The Morgan fingerprint density at radius 1 is 1.23 bits per heavy atom. The number of benzene rings is 1. The number of piperidine rings is 1. The van der Waals surface area contributed by atoms with Crippen LogP contribution in [0.2, 0.25) is 0 Å². The van der Waals surface area contributed by atoms with E-state index in [0.29, 0.717) is 19.0 Å². The fourth-order valence-corrected chi connectivity index (χ4v) is 4.41. The fourth-order valence-electron chi connectivity index (χ4n) is 4.41. The Balaban J connectivity index is 1.50. The number of carbonyl (C=O) groups excluding carboxylic acids is 2. The molecule has 142 valence electrons. The SMILES string of the molecule is CCC1CCCCN1CCCNC(=O)C1Cc2ccccc2N1C(C)=O. The van der Waals surface area contributed by atoms with Crippen molar-refractivity contribution >= 4 is 17.5 Å². The van der Waals surface area contributed by atoms with Crippen molar-refractivity contribution in [3.63, 3.8) is 0 Å². The lowest BCUT2D eigenvalue weighted by atomic mass is 10.00. The van der Waals surface area contributed by atoms with Crippen molar-refractivity contribution < 1.29 is 9.59 Å². The zero-order valence-corrected chi connectivity index (χ0v) is 16.0. The van der Waals surface area contributed by atoms with Crippen LogP contribution < -0.4 is 10.2 Å². The third kappa shape index (κ3) is 4.09. The van der Waals surface area contributed by atoms with Crippen molar-refractivity contribution in [3.8, 4) is 0 Å². The lowest BCUT2D eigenvalue weighted by Crippen LogP contribution is -2.48. The lowest BCUT2D eigenvalue weighted by Gasteiger charge is -2.35. The summed E-state index contributed by atoms with van der Waals surface area (Å²) in [4.78, 5) is 29.0. The smallest absolute Gasteiger partial charge is 0.243 e. The Morgan fingerprint density at radius 3 is 2.81 bits per heavy atom. The first-order valence-electron chi connectivity index (χ1n) is 10.0. The van der Waals surface area contributed by atoms with Crippen molar-refractivity contribution in [3.05, 3.63) is 29.8 Å². The van der Waals surface area contributed by atoms with E-state index in [2.05, 4.69) is 17.1 Å². The summed E-state index contributed by atoms with van der Waals surface area (Å²) in [5.41, 5.74) is 1.95. The van der Waals surface area contributed by atoms with Gasteiger partial charge in [0.05, 0.1) is 0 Å². The summed E-state index contributed by atoms with van der Waals surface area (Å²) < 4.78 is 0. The summed E-state index contributed by atoms with van der Waals surface area (Å²) in [5.74, 6) is -0.115. The highest BCUT2D eigenvalue weighted by Crippen LogP contribution is 2.32. The standard InChI is InChI=1S/C21H31N3O2/c1-3-18-10-6-7-13-23(18)14-8-12-22-21(26)20-15-17-9-4-5-11-19(17)24(20)16(2)25/h4-5,9,11,18,20H,3,6-8,10,12-15H2,1-2H3,(H,22,26). The first-order valence-corrected chi connectivity index (χ1v) is 10.0. The van der Waals surface area contributed by atoms with Crippen LogP contribution in [0.15, 0.2) is 24.3 Å². The third-order valence-electron chi connectivity index (χ3n) is 5.76. The lowest BCUT2D eigenvalue weighted by molar-refractivity contribution is -0.125. The van der Waals surface area contributed by atoms with Gasteiger partial charge in [0.25, 0.3) is 0 Å². The van der Waals surface area contributed by atoms with Crippen LogP contribution in [-0.2, 0) is 16.0 Å². The maximum atomic E-state index is 12.7. The molecule has 1 N–H and O–H groups in total. The molecule has 2 aliphatic rings. The molecule has 2 aliphatic heterocycles. The minimum Gasteiger partial charge on any atom is -0.354 e. The summed E-state index contributed by atoms with van der Waals surface area (Å²) in [6.07, 6.45) is 6.70. The average molecular weight is 357 g/mol. The first kappa shape index (κ1) is 18.9. The topological polar surface area (TPSA) is 52.7 Å². The minimum absolute atomic E-state index is 0.0397. The molecule has 2 unspecified atom stereocenters. The van der Waals surface area contributed by atoms with Crippen LogP contribution in [0, 0.1) is 0 Å². The minimum atomic E-state index is -0.414. The normalized spacial score (nSPS) is 22.9. The van der Waals surface area contributed by atoms with Crippen LogP contribution in [0.3, 0.4) is 0 Å². The van der Waals surface area contributed by atoms with Gasteiger partial charge in [-0.2, -0.15) is 0 Å². The molecule has 1 aromatic rings. The average Bonchev–Trinajstić information content (AvgIpc) is 3.05. The van der Waals surface area contributed by atoms with E-state index in [4.69, 9.17) is 0 Å². The van der Waals surface area contributed by atoms with Gasteiger partial charge in [0.1, 0.15) is 6.04 Å². The maximum Gasteiger partial charge on any atom is 0.243 e. The molecule has 2 heterocycles. The van der Waals surface area contributed by atoms with E-state index >= 15 is 0 Å². The van der Waals surface area contributed by atoms with Crippen LogP contribution in [-0.4, -0.2) is 48.4 Å². The summed E-state index contributed by atoms with van der Waals surface area (Å²) >= 11 is 0. The van der Waals surface area contributed by atoms with Crippen LogP contribution >= 0.6 is 0 Å². The monoisotopic (exact) mass is 357 g/mol. The Morgan fingerprint density at radius 2 is 2.04 bits per heavy atom. The van der Waals surface area contributed by atoms with Crippen molar-refractivity contribution in [1.82, 2.24) is 10.2 Å². The van der Waals surface area contributed by atoms with E-state index < -0.39 is 6.04 Å². The number of nitrogens with zero attached hydrogens (tertiary/aromatic N) is 2. The zero-order chi connectivity index (χ0) is 18.5. The second-order valence-corrected chi connectivity index (χ2v) is 7.48. The Labute approximate surface area is 156 Å². The second-order valence-electron chi connectivity index (χ2n) is 7.48. The third-order valence-corrected chi connectivity index (χ3v) is 5.76. The van der Waals surface area contributed by atoms with Gasteiger partial charge in [-0.05, 0) is 43.9 Å². The molecule has 1 fully saturated rings. The van der Waals surface area contributed by atoms with Gasteiger partial charge in [-0.3, -0.25) is 14.5 Å². The highest BCUT2D eigenvalue weighted by molar-refractivity contribution is 6.02. The molecule has 5 heteroatoms. The number of amides is 2. The molecule has 0 spiro atoms. The van der Waals surface area contributed by atoms with Gasteiger partial charge in [-0.1, -0.05) is 31.5 Å².